The summed E-state index contributed by atoms with van der Waals surface area (Å²) in [6.07, 6.45) is 3.76. The third-order valence-electron chi connectivity index (χ3n) is 3.42. The highest BCUT2D eigenvalue weighted by Gasteiger charge is 2.20. The molecule has 0 aromatic carbocycles. The van der Waals surface area contributed by atoms with Crippen LogP contribution in [0.25, 0.3) is 0 Å². The van der Waals surface area contributed by atoms with E-state index in [2.05, 4.69) is 41.4 Å². The van der Waals surface area contributed by atoms with Crippen molar-refractivity contribution in [3.8, 4) is 0 Å². The van der Waals surface area contributed by atoms with Crippen molar-refractivity contribution in [2.24, 2.45) is 5.92 Å². The van der Waals surface area contributed by atoms with Gasteiger partial charge in [0.1, 0.15) is 17.5 Å². The first-order valence-corrected chi connectivity index (χ1v) is 8.13. The second kappa shape index (κ2) is 8.17. The maximum atomic E-state index is 5.63. The van der Waals surface area contributed by atoms with Gasteiger partial charge in [-0.25, -0.2) is 9.97 Å². The van der Waals surface area contributed by atoms with Crippen molar-refractivity contribution in [2.45, 2.75) is 46.0 Å². The first kappa shape index (κ1) is 16.0. The lowest BCUT2D eigenvalue weighted by atomic mass is 10.2. The lowest BCUT2D eigenvalue weighted by Crippen LogP contribution is -2.14. The Balaban J connectivity index is 1.84. The van der Waals surface area contributed by atoms with Gasteiger partial charge in [0.25, 0.3) is 0 Å². The van der Waals surface area contributed by atoms with Gasteiger partial charge in [0, 0.05) is 31.7 Å². The predicted octanol–water partition coefficient (Wildman–Crippen LogP) is 3.26. The monoisotopic (exact) mass is 292 g/mol. The van der Waals surface area contributed by atoms with Crippen LogP contribution in [0.2, 0.25) is 0 Å². The summed E-state index contributed by atoms with van der Waals surface area (Å²) in [4.78, 5) is 9.12. The van der Waals surface area contributed by atoms with E-state index in [-0.39, 0.29) is 0 Å². The summed E-state index contributed by atoms with van der Waals surface area (Å²) in [5, 5.41) is 6.67. The summed E-state index contributed by atoms with van der Waals surface area (Å²) in [6, 6.07) is 1.97. The van der Waals surface area contributed by atoms with Crippen molar-refractivity contribution in [1.82, 2.24) is 9.97 Å². The van der Waals surface area contributed by atoms with Crippen LogP contribution >= 0.6 is 0 Å². The van der Waals surface area contributed by atoms with E-state index in [1.165, 1.54) is 12.8 Å². The van der Waals surface area contributed by atoms with E-state index in [1.807, 2.05) is 6.07 Å². The lowest BCUT2D eigenvalue weighted by molar-refractivity contribution is 0.134. The molecule has 0 spiro atoms. The minimum Gasteiger partial charge on any atom is -0.379 e. The van der Waals surface area contributed by atoms with Gasteiger partial charge in [-0.1, -0.05) is 20.8 Å². The minimum atomic E-state index is 0.319. The quantitative estimate of drug-likeness (QED) is 0.648. The van der Waals surface area contributed by atoms with Crippen molar-refractivity contribution >= 4 is 11.6 Å². The van der Waals surface area contributed by atoms with E-state index >= 15 is 0 Å². The summed E-state index contributed by atoms with van der Waals surface area (Å²) in [7, 11) is 0. The maximum absolute atomic E-state index is 5.63. The molecule has 5 heteroatoms. The second-order valence-corrected chi connectivity index (χ2v) is 6.02. The number of hydrogen-bond donors (Lipinski definition) is 2. The van der Waals surface area contributed by atoms with Crippen LogP contribution in [-0.2, 0) is 4.74 Å². The number of ether oxygens (including phenoxy) is 1. The van der Waals surface area contributed by atoms with Gasteiger partial charge in [0.15, 0.2) is 0 Å². The molecule has 1 saturated carbocycles. The summed E-state index contributed by atoms with van der Waals surface area (Å²) >= 11 is 0. The fourth-order valence-electron chi connectivity index (χ4n) is 1.94. The average molecular weight is 292 g/mol. The first-order chi connectivity index (χ1) is 10.2. The fraction of sp³-hybridized carbons (Fsp3) is 0.750. The zero-order valence-corrected chi connectivity index (χ0v) is 13.5. The Morgan fingerprint density at radius 2 is 1.86 bits per heavy atom. The van der Waals surface area contributed by atoms with Gasteiger partial charge in [-0.15, -0.1) is 0 Å². The second-order valence-electron chi connectivity index (χ2n) is 6.02. The zero-order chi connectivity index (χ0) is 15.1. The third-order valence-corrected chi connectivity index (χ3v) is 3.42. The molecule has 0 bridgehead atoms. The van der Waals surface area contributed by atoms with Crippen LogP contribution in [0.3, 0.4) is 0 Å². The number of nitrogens with zero attached hydrogens (tertiary/aromatic N) is 2. The Kier molecular flexibility index (Phi) is 6.23. The molecule has 0 unspecified atom stereocenters. The molecule has 0 aliphatic heterocycles. The molecule has 21 heavy (non-hydrogen) atoms. The van der Waals surface area contributed by atoms with Gasteiger partial charge >= 0.3 is 0 Å². The van der Waals surface area contributed by atoms with Crippen molar-refractivity contribution < 1.29 is 4.74 Å². The standard InChI is InChI=1S/C16H28N4O/c1-4-7-17-14-10-15(20-16(19-14)12(2)3)18-8-9-21-11-13-5-6-13/h10,12-13H,4-9,11H2,1-3H3,(H2,17,18,19,20). The SMILES string of the molecule is CCCNc1cc(NCCOCC2CC2)nc(C(C)C)n1. The minimum absolute atomic E-state index is 0.319. The molecule has 0 saturated heterocycles. The van der Waals surface area contributed by atoms with Crippen LogP contribution in [0.1, 0.15) is 51.8 Å². The molecule has 1 aromatic heterocycles. The average Bonchev–Trinajstić information content (AvgIpc) is 3.28. The lowest BCUT2D eigenvalue weighted by Gasteiger charge is -2.12. The number of hydrogen-bond acceptors (Lipinski definition) is 5. The van der Waals surface area contributed by atoms with E-state index in [4.69, 9.17) is 4.74 Å². The maximum Gasteiger partial charge on any atom is 0.135 e. The summed E-state index contributed by atoms with van der Waals surface area (Å²) in [6.45, 7) is 9.73. The Hall–Kier alpha value is -1.36. The Morgan fingerprint density at radius 3 is 2.43 bits per heavy atom. The molecular formula is C16H28N4O. The summed E-state index contributed by atoms with van der Waals surface area (Å²) in [5.74, 6) is 3.79. The van der Waals surface area contributed by atoms with E-state index in [9.17, 15) is 0 Å². The van der Waals surface area contributed by atoms with Crippen LogP contribution in [-0.4, -0.2) is 36.3 Å². The van der Waals surface area contributed by atoms with Gasteiger partial charge in [-0.05, 0) is 25.2 Å². The smallest absolute Gasteiger partial charge is 0.135 e. The summed E-state index contributed by atoms with van der Waals surface area (Å²) in [5.41, 5.74) is 0. The number of anilines is 2. The number of rotatable bonds is 10. The molecule has 118 valence electrons. The van der Waals surface area contributed by atoms with Gasteiger partial charge in [0.05, 0.1) is 6.61 Å². The van der Waals surface area contributed by atoms with Crippen molar-refractivity contribution in [2.75, 3.05) is 36.9 Å². The van der Waals surface area contributed by atoms with Gasteiger partial charge in [0.2, 0.25) is 0 Å². The fourth-order valence-corrected chi connectivity index (χ4v) is 1.94. The van der Waals surface area contributed by atoms with Gasteiger partial charge in [-0.2, -0.15) is 0 Å². The number of aromatic nitrogens is 2. The molecule has 0 radical (unpaired) electrons. The molecule has 2 N–H and O–H groups in total. The molecule has 1 aliphatic carbocycles. The van der Waals surface area contributed by atoms with Crippen molar-refractivity contribution in [1.29, 1.82) is 0 Å². The Morgan fingerprint density at radius 1 is 1.19 bits per heavy atom. The molecule has 0 amide bonds. The Labute approximate surface area is 127 Å². The molecule has 2 rings (SSSR count). The zero-order valence-electron chi connectivity index (χ0n) is 13.5. The van der Waals surface area contributed by atoms with Crippen molar-refractivity contribution in [3.63, 3.8) is 0 Å². The van der Waals surface area contributed by atoms with Crippen molar-refractivity contribution in [3.05, 3.63) is 11.9 Å². The van der Waals surface area contributed by atoms with E-state index in [0.717, 1.165) is 56.1 Å². The normalized spacial score (nSPS) is 14.5. The molecule has 1 fully saturated rings. The van der Waals surface area contributed by atoms with E-state index in [0.29, 0.717) is 5.92 Å². The topological polar surface area (TPSA) is 59.1 Å². The van der Waals surface area contributed by atoms with E-state index in [1.54, 1.807) is 0 Å². The highest BCUT2D eigenvalue weighted by molar-refractivity contribution is 5.47. The molecule has 1 heterocycles. The van der Waals surface area contributed by atoms with E-state index < -0.39 is 0 Å². The van der Waals surface area contributed by atoms with Crippen LogP contribution in [0.15, 0.2) is 6.07 Å². The molecule has 5 nitrogen and oxygen atoms in total. The highest BCUT2D eigenvalue weighted by Crippen LogP contribution is 2.28. The number of nitrogens with one attached hydrogen (secondary N) is 2. The molecule has 0 atom stereocenters. The molecular weight excluding hydrogens is 264 g/mol. The molecule has 1 aromatic rings. The molecule has 1 aliphatic rings. The summed E-state index contributed by atoms with van der Waals surface area (Å²) < 4.78 is 5.63. The van der Waals surface area contributed by atoms with Crippen LogP contribution < -0.4 is 10.6 Å². The predicted molar refractivity (Wildman–Crippen MR) is 86.9 cm³/mol. The van der Waals surface area contributed by atoms with Crippen LogP contribution in [0.4, 0.5) is 11.6 Å². The Bertz CT molecular complexity index is 432. The van der Waals surface area contributed by atoms with Crippen LogP contribution in [0, 0.1) is 5.92 Å². The first-order valence-electron chi connectivity index (χ1n) is 8.13. The van der Waals surface area contributed by atoms with Gasteiger partial charge < -0.3 is 15.4 Å². The van der Waals surface area contributed by atoms with Crippen LogP contribution in [0.5, 0.6) is 0 Å². The largest absolute Gasteiger partial charge is 0.379 e. The highest BCUT2D eigenvalue weighted by atomic mass is 16.5. The third kappa shape index (κ3) is 5.87. The van der Waals surface area contributed by atoms with Gasteiger partial charge in [-0.3, -0.25) is 0 Å².